The Balaban J connectivity index is 0.00000300. The highest BCUT2D eigenvalue weighted by molar-refractivity contribution is 14.0. The topological polar surface area (TPSA) is 67.8 Å². The minimum Gasteiger partial charge on any atom is -0.381 e. The lowest BCUT2D eigenvalue weighted by molar-refractivity contribution is -0.0390. The highest BCUT2D eigenvalue weighted by atomic mass is 127. The van der Waals surface area contributed by atoms with E-state index in [9.17, 15) is 0 Å². The fraction of sp³-hybridized carbons (Fsp3) is 0.455. The molecule has 6 nitrogen and oxygen atoms in total. The molecule has 1 fully saturated rings. The molecule has 1 saturated heterocycles. The van der Waals surface area contributed by atoms with Gasteiger partial charge in [0.1, 0.15) is 0 Å². The molecule has 0 amide bonds. The number of rotatable bonds is 8. The molecule has 7 heteroatoms. The molecule has 2 heterocycles. The van der Waals surface area contributed by atoms with Gasteiger partial charge in [0.2, 0.25) is 0 Å². The lowest BCUT2D eigenvalue weighted by Crippen LogP contribution is -2.36. The molecular weight excluding hydrogens is 479 g/mol. The molecule has 0 unspecified atom stereocenters. The maximum absolute atomic E-state index is 5.98. The van der Waals surface area contributed by atoms with Gasteiger partial charge in [-0.05, 0) is 43.0 Å². The van der Waals surface area contributed by atoms with Crippen LogP contribution in [0.2, 0.25) is 0 Å². The Morgan fingerprint density at radius 2 is 1.86 bits per heavy atom. The lowest BCUT2D eigenvalue weighted by Gasteiger charge is -2.22. The van der Waals surface area contributed by atoms with Gasteiger partial charge in [-0.25, -0.2) is 4.99 Å². The molecule has 2 N–H and O–H groups in total. The first-order valence-corrected chi connectivity index (χ1v) is 10.0. The van der Waals surface area contributed by atoms with Gasteiger partial charge < -0.3 is 20.1 Å². The third kappa shape index (κ3) is 8.67. The molecule has 1 aromatic heterocycles. The third-order valence-electron chi connectivity index (χ3n) is 4.60. The van der Waals surface area contributed by atoms with Gasteiger partial charge in [-0.3, -0.25) is 4.98 Å². The second kappa shape index (κ2) is 13.5. The van der Waals surface area contributed by atoms with Gasteiger partial charge in [-0.15, -0.1) is 24.0 Å². The van der Waals surface area contributed by atoms with E-state index in [0.717, 1.165) is 44.3 Å². The number of nitrogens with one attached hydrogen (secondary N) is 2. The summed E-state index contributed by atoms with van der Waals surface area (Å²) >= 11 is 0. The van der Waals surface area contributed by atoms with Crippen LogP contribution in [0.4, 0.5) is 0 Å². The standard InChI is InChI=1S/C22H30N4O2.HI/c1-2-23-22(26-16-20-5-3-4-12-24-20)25-15-18-6-8-19(9-7-18)17-28-21-10-13-27-14-11-21;/h3-9,12,21H,2,10-11,13-17H2,1H3,(H2,23,25,26);1H. The predicted octanol–water partition coefficient (Wildman–Crippen LogP) is 3.65. The number of ether oxygens (including phenoxy) is 2. The molecule has 158 valence electrons. The zero-order valence-electron chi connectivity index (χ0n) is 17.0. The van der Waals surface area contributed by atoms with Crippen LogP contribution in [0, 0.1) is 0 Å². The Labute approximate surface area is 190 Å². The van der Waals surface area contributed by atoms with Crippen LogP contribution in [0.3, 0.4) is 0 Å². The van der Waals surface area contributed by atoms with Crippen molar-refractivity contribution < 1.29 is 9.47 Å². The summed E-state index contributed by atoms with van der Waals surface area (Å²) < 4.78 is 11.3. The van der Waals surface area contributed by atoms with E-state index in [1.165, 1.54) is 11.1 Å². The van der Waals surface area contributed by atoms with Gasteiger partial charge in [0, 0.05) is 26.0 Å². The van der Waals surface area contributed by atoms with Crippen molar-refractivity contribution in [1.29, 1.82) is 0 Å². The fourth-order valence-electron chi connectivity index (χ4n) is 2.99. The molecule has 0 radical (unpaired) electrons. The number of aromatic nitrogens is 1. The van der Waals surface area contributed by atoms with Crippen molar-refractivity contribution in [3.63, 3.8) is 0 Å². The van der Waals surface area contributed by atoms with E-state index in [1.54, 1.807) is 6.20 Å². The van der Waals surface area contributed by atoms with Crippen molar-refractivity contribution >= 4 is 29.9 Å². The summed E-state index contributed by atoms with van der Waals surface area (Å²) in [5.41, 5.74) is 3.35. The number of hydrogen-bond acceptors (Lipinski definition) is 4. The summed E-state index contributed by atoms with van der Waals surface area (Å²) in [6.45, 7) is 6.42. The number of pyridine rings is 1. The van der Waals surface area contributed by atoms with E-state index in [-0.39, 0.29) is 24.0 Å². The minimum atomic E-state index is 0. The Morgan fingerprint density at radius 3 is 2.55 bits per heavy atom. The highest BCUT2D eigenvalue weighted by Crippen LogP contribution is 2.14. The van der Waals surface area contributed by atoms with Crippen molar-refractivity contribution in [2.45, 2.75) is 45.6 Å². The van der Waals surface area contributed by atoms with Crippen molar-refractivity contribution in [2.75, 3.05) is 19.8 Å². The first-order chi connectivity index (χ1) is 13.8. The van der Waals surface area contributed by atoms with Crippen LogP contribution >= 0.6 is 24.0 Å². The van der Waals surface area contributed by atoms with E-state index >= 15 is 0 Å². The largest absolute Gasteiger partial charge is 0.381 e. The molecule has 1 aromatic carbocycles. The maximum Gasteiger partial charge on any atom is 0.191 e. The smallest absolute Gasteiger partial charge is 0.191 e. The highest BCUT2D eigenvalue weighted by Gasteiger charge is 2.13. The molecule has 0 atom stereocenters. The number of halogens is 1. The van der Waals surface area contributed by atoms with Gasteiger partial charge in [0.15, 0.2) is 5.96 Å². The van der Waals surface area contributed by atoms with E-state index in [2.05, 4.69) is 51.8 Å². The van der Waals surface area contributed by atoms with Crippen molar-refractivity contribution in [3.05, 3.63) is 65.5 Å². The van der Waals surface area contributed by atoms with E-state index in [4.69, 9.17) is 9.47 Å². The summed E-state index contributed by atoms with van der Waals surface area (Å²) in [4.78, 5) is 9.00. The average molecular weight is 510 g/mol. The van der Waals surface area contributed by atoms with Crippen molar-refractivity contribution in [3.8, 4) is 0 Å². The summed E-state index contributed by atoms with van der Waals surface area (Å²) in [7, 11) is 0. The Hall–Kier alpha value is -1.71. The monoisotopic (exact) mass is 510 g/mol. The zero-order chi connectivity index (χ0) is 19.4. The Kier molecular flexibility index (Phi) is 11.0. The molecule has 1 aliphatic heterocycles. The van der Waals surface area contributed by atoms with Crippen molar-refractivity contribution in [2.24, 2.45) is 4.99 Å². The minimum absolute atomic E-state index is 0. The van der Waals surface area contributed by atoms with E-state index in [1.807, 2.05) is 18.2 Å². The first kappa shape index (κ1) is 23.6. The van der Waals surface area contributed by atoms with Gasteiger partial charge in [0.05, 0.1) is 31.5 Å². The molecule has 2 aromatic rings. The van der Waals surface area contributed by atoms with Crippen LogP contribution in [0.1, 0.15) is 36.6 Å². The maximum atomic E-state index is 5.98. The molecule has 1 aliphatic rings. The predicted molar refractivity (Wildman–Crippen MR) is 126 cm³/mol. The second-order valence-electron chi connectivity index (χ2n) is 6.81. The number of nitrogens with zero attached hydrogens (tertiary/aromatic N) is 2. The van der Waals surface area contributed by atoms with Gasteiger partial charge in [-0.1, -0.05) is 30.3 Å². The van der Waals surface area contributed by atoms with Crippen LogP contribution in [0.5, 0.6) is 0 Å². The summed E-state index contributed by atoms with van der Waals surface area (Å²) in [6, 6.07) is 14.4. The molecule has 0 saturated carbocycles. The molecular formula is C22H31IN4O2. The molecule has 0 aliphatic carbocycles. The number of benzene rings is 1. The zero-order valence-corrected chi connectivity index (χ0v) is 19.3. The third-order valence-corrected chi connectivity index (χ3v) is 4.60. The average Bonchev–Trinajstić information content (AvgIpc) is 2.76. The van der Waals surface area contributed by atoms with Crippen LogP contribution in [-0.2, 0) is 29.2 Å². The van der Waals surface area contributed by atoms with Crippen molar-refractivity contribution in [1.82, 2.24) is 15.6 Å². The Morgan fingerprint density at radius 1 is 1.10 bits per heavy atom. The SMILES string of the molecule is CCNC(=NCc1ccc(COC2CCOCC2)cc1)NCc1ccccn1.I. The number of guanidine groups is 1. The lowest BCUT2D eigenvalue weighted by atomic mass is 10.1. The molecule has 3 rings (SSSR count). The number of hydrogen-bond donors (Lipinski definition) is 2. The van der Waals surface area contributed by atoms with Gasteiger partial charge in [0.25, 0.3) is 0 Å². The van der Waals surface area contributed by atoms with Gasteiger partial charge >= 0.3 is 0 Å². The van der Waals surface area contributed by atoms with Crippen LogP contribution in [0.25, 0.3) is 0 Å². The van der Waals surface area contributed by atoms with E-state index in [0.29, 0.717) is 25.8 Å². The first-order valence-electron chi connectivity index (χ1n) is 10.0. The summed E-state index contributed by atoms with van der Waals surface area (Å²) in [6.07, 6.45) is 4.11. The fourth-order valence-corrected chi connectivity index (χ4v) is 2.99. The molecule has 0 bridgehead atoms. The Bertz CT molecular complexity index is 719. The van der Waals surface area contributed by atoms with Gasteiger partial charge in [-0.2, -0.15) is 0 Å². The quantitative estimate of drug-likeness (QED) is 0.323. The number of aliphatic imine (C=N–C) groups is 1. The van der Waals surface area contributed by atoms with E-state index < -0.39 is 0 Å². The summed E-state index contributed by atoms with van der Waals surface area (Å²) in [5, 5.41) is 6.59. The molecule has 29 heavy (non-hydrogen) atoms. The van der Waals surface area contributed by atoms with Crippen LogP contribution in [-0.4, -0.2) is 36.8 Å². The van der Waals surface area contributed by atoms with Crippen LogP contribution < -0.4 is 10.6 Å². The van der Waals surface area contributed by atoms with Crippen LogP contribution in [0.15, 0.2) is 53.7 Å². The normalized spacial score (nSPS) is 14.9. The molecule has 0 spiro atoms. The summed E-state index contributed by atoms with van der Waals surface area (Å²) in [5.74, 6) is 0.792. The second-order valence-corrected chi connectivity index (χ2v) is 6.81.